The number of nitrogens with one attached hydrogen (secondary N) is 1. The first-order valence-electron chi connectivity index (χ1n) is 7.58. The highest BCUT2D eigenvalue weighted by Crippen LogP contribution is 2.11. The smallest absolute Gasteiger partial charge is 0.271 e. The van der Waals surface area contributed by atoms with E-state index < -0.39 is 0 Å². The lowest BCUT2D eigenvalue weighted by molar-refractivity contribution is 0.0955. The van der Waals surface area contributed by atoms with E-state index >= 15 is 0 Å². The summed E-state index contributed by atoms with van der Waals surface area (Å²) in [5, 5.41) is 4.35. The second-order valence-electron chi connectivity index (χ2n) is 5.26. The average molecular weight is 315 g/mol. The molecule has 0 saturated carbocycles. The fourth-order valence-corrected chi connectivity index (χ4v) is 2.29. The third-order valence-electron chi connectivity index (χ3n) is 3.54. The molecule has 0 unspecified atom stereocenters. The summed E-state index contributed by atoms with van der Waals surface area (Å²) in [6.07, 6.45) is 0. The zero-order chi connectivity index (χ0) is 16.8. The van der Waals surface area contributed by atoms with Crippen LogP contribution >= 0.6 is 0 Å². The number of carbonyl (C=O) groups is 1. The standard InChI is InChI=1S/C20H17N3O/c21-18-13-11-17(12-14-18)20(24)23-22-19(15-7-3-1-4-8-15)16-9-5-2-6-10-16/h1-14H,21H2,(H,23,24). The van der Waals surface area contributed by atoms with E-state index in [1.165, 1.54) is 0 Å². The fraction of sp³-hybridized carbons (Fsp3) is 0. The van der Waals surface area contributed by atoms with Crippen LogP contribution in [-0.2, 0) is 0 Å². The van der Waals surface area contributed by atoms with Gasteiger partial charge in [-0.25, -0.2) is 5.43 Å². The molecule has 3 N–H and O–H groups in total. The van der Waals surface area contributed by atoms with Crippen molar-refractivity contribution in [2.45, 2.75) is 0 Å². The molecule has 3 aromatic carbocycles. The van der Waals surface area contributed by atoms with Gasteiger partial charge in [0.25, 0.3) is 5.91 Å². The Kier molecular flexibility index (Phi) is 4.68. The van der Waals surface area contributed by atoms with Crippen LogP contribution in [0.1, 0.15) is 21.5 Å². The largest absolute Gasteiger partial charge is 0.399 e. The van der Waals surface area contributed by atoms with Gasteiger partial charge in [0.05, 0.1) is 5.71 Å². The minimum atomic E-state index is -0.278. The summed E-state index contributed by atoms with van der Waals surface area (Å²) >= 11 is 0. The van der Waals surface area contributed by atoms with Gasteiger partial charge in [-0.3, -0.25) is 4.79 Å². The van der Waals surface area contributed by atoms with E-state index in [4.69, 9.17) is 5.73 Å². The number of rotatable bonds is 4. The average Bonchev–Trinajstić information content (AvgIpc) is 2.64. The third kappa shape index (κ3) is 3.67. The van der Waals surface area contributed by atoms with E-state index in [0.717, 1.165) is 11.1 Å². The van der Waals surface area contributed by atoms with Crippen LogP contribution in [0.15, 0.2) is 90.0 Å². The monoisotopic (exact) mass is 315 g/mol. The molecule has 0 fully saturated rings. The number of nitrogens with two attached hydrogens (primary N) is 1. The molecule has 0 aliphatic heterocycles. The Balaban J connectivity index is 1.90. The molecule has 0 atom stereocenters. The molecule has 0 aliphatic rings. The van der Waals surface area contributed by atoms with Crippen molar-refractivity contribution in [3.05, 3.63) is 102 Å². The molecule has 4 heteroatoms. The number of nitrogens with zero attached hydrogens (tertiary/aromatic N) is 1. The van der Waals surface area contributed by atoms with Crippen molar-refractivity contribution in [2.75, 3.05) is 5.73 Å². The predicted octanol–water partition coefficient (Wildman–Crippen LogP) is 3.45. The van der Waals surface area contributed by atoms with Crippen molar-refractivity contribution < 1.29 is 4.79 Å². The number of hydrogen-bond acceptors (Lipinski definition) is 3. The predicted molar refractivity (Wildman–Crippen MR) is 96.8 cm³/mol. The summed E-state index contributed by atoms with van der Waals surface area (Å²) in [5.74, 6) is -0.278. The summed E-state index contributed by atoms with van der Waals surface area (Å²) in [5.41, 5.74) is 12.0. The second kappa shape index (κ2) is 7.24. The van der Waals surface area contributed by atoms with E-state index in [2.05, 4.69) is 10.5 Å². The summed E-state index contributed by atoms with van der Waals surface area (Å²) in [4.78, 5) is 12.3. The zero-order valence-corrected chi connectivity index (χ0v) is 13.0. The Morgan fingerprint density at radius 1 is 0.708 bits per heavy atom. The SMILES string of the molecule is Nc1ccc(C(=O)NN=C(c2ccccc2)c2ccccc2)cc1. The van der Waals surface area contributed by atoms with Crippen molar-refractivity contribution in [3.63, 3.8) is 0 Å². The van der Waals surface area contributed by atoms with E-state index in [9.17, 15) is 4.79 Å². The molecule has 3 rings (SSSR count). The Morgan fingerprint density at radius 2 is 1.21 bits per heavy atom. The maximum absolute atomic E-state index is 12.3. The molecule has 3 aromatic rings. The van der Waals surface area contributed by atoms with Crippen LogP contribution in [0.5, 0.6) is 0 Å². The maximum atomic E-state index is 12.3. The van der Waals surface area contributed by atoms with E-state index in [1.54, 1.807) is 24.3 Å². The molecule has 0 spiro atoms. The van der Waals surface area contributed by atoms with Gasteiger partial charge in [0.15, 0.2) is 0 Å². The van der Waals surface area contributed by atoms with E-state index in [-0.39, 0.29) is 5.91 Å². The minimum Gasteiger partial charge on any atom is -0.399 e. The first kappa shape index (κ1) is 15.5. The first-order chi connectivity index (χ1) is 11.7. The lowest BCUT2D eigenvalue weighted by Crippen LogP contribution is -2.20. The lowest BCUT2D eigenvalue weighted by atomic mass is 10.0. The summed E-state index contributed by atoms with van der Waals surface area (Å²) in [6, 6.07) is 26.2. The van der Waals surface area contributed by atoms with Crippen LogP contribution in [0.3, 0.4) is 0 Å². The van der Waals surface area contributed by atoms with Gasteiger partial charge in [-0.2, -0.15) is 5.10 Å². The van der Waals surface area contributed by atoms with Crippen LogP contribution in [0, 0.1) is 0 Å². The minimum absolute atomic E-state index is 0.278. The fourth-order valence-electron chi connectivity index (χ4n) is 2.29. The molecule has 0 heterocycles. The molecule has 118 valence electrons. The van der Waals surface area contributed by atoms with Gasteiger partial charge in [-0.15, -0.1) is 0 Å². The van der Waals surface area contributed by atoms with Gasteiger partial charge < -0.3 is 5.73 Å². The van der Waals surface area contributed by atoms with E-state index in [0.29, 0.717) is 17.0 Å². The van der Waals surface area contributed by atoms with Gasteiger partial charge >= 0.3 is 0 Å². The number of amides is 1. The van der Waals surface area contributed by atoms with Gasteiger partial charge in [-0.05, 0) is 24.3 Å². The van der Waals surface area contributed by atoms with Crippen LogP contribution in [0.25, 0.3) is 0 Å². The Hall–Kier alpha value is -3.40. The van der Waals surface area contributed by atoms with Gasteiger partial charge in [-0.1, -0.05) is 60.7 Å². The third-order valence-corrected chi connectivity index (χ3v) is 3.54. The molecule has 0 saturated heterocycles. The molecule has 0 radical (unpaired) electrons. The molecule has 0 aromatic heterocycles. The highest BCUT2D eigenvalue weighted by atomic mass is 16.2. The maximum Gasteiger partial charge on any atom is 0.271 e. The van der Waals surface area contributed by atoms with Crippen LogP contribution in [0.4, 0.5) is 5.69 Å². The Bertz CT molecular complexity index is 800. The highest BCUT2D eigenvalue weighted by molar-refractivity contribution is 6.13. The summed E-state index contributed by atoms with van der Waals surface area (Å²) in [6.45, 7) is 0. The number of hydrogen-bond donors (Lipinski definition) is 2. The zero-order valence-electron chi connectivity index (χ0n) is 13.0. The van der Waals surface area contributed by atoms with E-state index in [1.807, 2.05) is 60.7 Å². The Morgan fingerprint density at radius 3 is 1.71 bits per heavy atom. The molecule has 4 nitrogen and oxygen atoms in total. The number of benzene rings is 3. The van der Waals surface area contributed by atoms with Crippen LogP contribution in [-0.4, -0.2) is 11.6 Å². The van der Waals surface area contributed by atoms with Crippen molar-refractivity contribution in [2.24, 2.45) is 5.10 Å². The molecular weight excluding hydrogens is 298 g/mol. The number of carbonyl (C=O) groups excluding carboxylic acids is 1. The van der Waals surface area contributed by atoms with Crippen LogP contribution < -0.4 is 11.2 Å². The Labute approximate surface area is 140 Å². The van der Waals surface area contributed by atoms with Crippen LogP contribution in [0.2, 0.25) is 0 Å². The van der Waals surface area contributed by atoms with Crippen molar-refractivity contribution in [1.29, 1.82) is 0 Å². The second-order valence-corrected chi connectivity index (χ2v) is 5.26. The molecule has 1 amide bonds. The van der Waals surface area contributed by atoms with Gasteiger partial charge in [0, 0.05) is 22.4 Å². The normalized spacial score (nSPS) is 10.0. The summed E-state index contributed by atoms with van der Waals surface area (Å²) in [7, 11) is 0. The van der Waals surface area contributed by atoms with Gasteiger partial charge in [0.2, 0.25) is 0 Å². The quantitative estimate of drug-likeness (QED) is 0.440. The molecule has 0 bridgehead atoms. The van der Waals surface area contributed by atoms with Crippen molar-refractivity contribution >= 4 is 17.3 Å². The molecule has 0 aliphatic carbocycles. The number of nitrogen functional groups attached to an aromatic ring is 1. The highest BCUT2D eigenvalue weighted by Gasteiger charge is 2.09. The molecular formula is C20H17N3O. The topological polar surface area (TPSA) is 67.5 Å². The first-order valence-corrected chi connectivity index (χ1v) is 7.58. The lowest BCUT2D eigenvalue weighted by Gasteiger charge is -2.08. The van der Waals surface area contributed by atoms with Crippen molar-refractivity contribution in [1.82, 2.24) is 5.43 Å². The van der Waals surface area contributed by atoms with Crippen molar-refractivity contribution in [3.8, 4) is 0 Å². The van der Waals surface area contributed by atoms with Gasteiger partial charge in [0.1, 0.15) is 0 Å². The number of hydrazone groups is 1. The number of anilines is 1. The summed E-state index contributed by atoms with van der Waals surface area (Å²) < 4.78 is 0. The molecule has 24 heavy (non-hydrogen) atoms.